The highest BCUT2D eigenvalue weighted by molar-refractivity contribution is 9.10. The van der Waals surface area contributed by atoms with Crippen molar-refractivity contribution in [2.24, 2.45) is 0 Å². The van der Waals surface area contributed by atoms with Gasteiger partial charge in [0, 0.05) is 17.5 Å². The molecule has 0 saturated carbocycles. The smallest absolute Gasteiger partial charge is 0.142 e. The Morgan fingerprint density at radius 3 is 2.38 bits per heavy atom. The van der Waals surface area contributed by atoms with Crippen LogP contribution in [0.25, 0.3) is 0 Å². The molecule has 21 heavy (non-hydrogen) atoms. The van der Waals surface area contributed by atoms with Gasteiger partial charge in [0.2, 0.25) is 0 Å². The quantitative estimate of drug-likeness (QED) is 0.732. The molecule has 0 aromatic heterocycles. The first-order chi connectivity index (χ1) is 10.2. The molecule has 2 aromatic carbocycles. The maximum Gasteiger partial charge on any atom is 0.142 e. The van der Waals surface area contributed by atoms with E-state index in [2.05, 4.69) is 47.2 Å². The number of hydrogen-bond acceptors (Lipinski definition) is 1. The molecule has 2 unspecified atom stereocenters. The van der Waals surface area contributed by atoms with E-state index in [4.69, 9.17) is 0 Å². The fourth-order valence-corrected chi connectivity index (χ4v) is 3.20. The van der Waals surface area contributed by atoms with Crippen LogP contribution in [0.2, 0.25) is 0 Å². The van der Waals surface area contributed by atoms with Crippen molar-refractivity contribution in [1.29, 1.82) is 0 Å². The molecule has 1 nitrogen and oxygen atoms in total. The number of hydrogen-bond donors (Lipinski definition) is 1. The lowest BCUT2D eigenvalue weighted by Crippen LogP contribution is -2.27. The second-order valence-corrected chi connectivity index (χ2v) is 5.96. The molecule has 1 N–H and O–H groups in total. The first-order valence-electron chi connectivity index (χ1n) is 7.41. The molecular weight excluding hydrogens is 329 g/mol. The first kappa shape index (κ1) is 16.2. The predicted molar refractivity (Wildman–Crippen MR) is 90.0 cm³/mol. The van der Waals surface area contributed by atoms with Crippen LogP contribution in [0.15, 0.2) is 53.0 Å². The maximum absolute atomic E-state index is 14.5. The summed E-state index contributed by atoms with van der Waals surface area (Å²) in [5, 5.41) is 3.46. The minimum Gasteiger partial charge on any atom is -0.310 e. The van der Waals surface area contributed by atoms with Gasteiger partial charge >= 0.3 is 0 Å². The van der Waals surface area contributed by atoms with Crippen LogP contribution in [0.3, 0.4) is 0 Å². The number of rotatable bonds is 6. The molecule has 2 rings (SSSR count). The van der Waals surface area contributed by atoms with Gasteiger partial charge in [-0.2, -0.15) is 0 Å². The molecule has 112 valence electrons. The summed E-state index contributed by atoms with van der Waals surface area (Å²) < 4.78 is 15.0. The fourth-order valence-electron chi connectivity index (χ4n) is 2.81. The average molecular weight is 350 g/mol. The largest absolute Gasteiger partial charge is 0.310 e. The molecule has 0 saturated heterocycles. The van der Waals surface area contributed by atoms with Crippen LogP contribution in [-0.2, 0) is 0 Å². The lowest BCUT2D eigenvalue weighted by molar-refractivity contribution is 0.427. The van der Waals surface area contributed by atoms with Gasteiger partial charge in [-0.25, -0.2) is 4.39 Å². The Balaban J connectivity index is 2.44. The van der Waals surface area contributed by atoms with Gasteiger partial charge in [0.05, 0.1) is 4.47 Å². The van der Waals surface area contributed by atoms with E-state index in [0.717, 1.165) is 18.5 Å². The van der Waals surface area contributed by atoms with E-state index in [9.17, 15) is 4.39 Å². The Hall–Kier alpha value is -1.19. The summed E-state index contributed by atoms with van der Waals surface area (Å²) in [6.07, 6.45) is 0.952. The lowest BCUT2D eigenvalue weighted by atomic mass is 9.85. The number of nitrogens with one attached hydrogen (secondary N) is 1. The molecule has 0 heterocycles. The summed E-state index contributed by atoms with van der Waals surface area (Å²) in [4.78, 5) is 0. The Kier molecular flexibility index (Phi) is 5.95. The van der Waals surface area contributed by atoms with Crippen molar-refractivity contribution in [3.05, 3.63) is 69.9 Å². The predicted octanol–water partition coefficient (Wildman–Crippen LogP) is 5.43. The van der Waals surface area contributed by atoms with Crippen LogP contribution in [-0.4, -0.2) is 6.54 Å². The number of halogens is 2. The van der Waals surface area contributed by atoms with Crippen LogP contribution in [0.4, 0.5) is 4.39 Å². The highest BCUT2D eigenvalue weighted by Gasteiger charge is 2.25. The van der Waals surface area contributed by atoms with Crippen LogP contribution in [0, 0.1) is 5.82 Å². The van der Waals surface area contributed by atoms with Gasteiger partial charge < -0.3 is 5.32 Å². The molecule has 0 amide bonds. The van der Waals surface area contributed by atoms with E-state index >= 15 is 0 Å². The van der Waals surface area contributed by atoms with Crippen LogP contribution in [0.5, 0.6) is 0 Å². The lowest BCUT2D eigenvalue weighted by Gasteiger charge is -2.28. The summed E-state index contributed by atoms with van der Waals surface area (Å²) in [5.41, 5.74) is 1.97. The highest BCUT2D eigenvalue weighted by Crippen LogP contribution is 2.36. The van der Waals surface area contributed by atoms with Gasteiger partial charge in [-0.3, -0.25) is 0 Å². The maximum atomic E-state index is 14.5. The molecule has 0 spiro atoms. The van der Waals surface area contributed by atoms with Gasteiger partial charge in [-0.1, -0.05) is 56.3 Å². The van der Waals surface area contributed by atoms with Gasteiger partial charge in [0.25, 0.3) is 0 Å². The summed E-state index contributed by atoms with van der Waals surface area (Å²) in [6.45, 7) is 5.01. The average Bonchev–Trinajstić information content (AvgIpc) is 2.51. The zero-order valence-corrected chi connectivity index (χ0v) is 14.0. The Labute approximate surface area is 134 Å². The molecule has 3 heteroatoms. The van der Waals surface area contributed by atoms with E-state index in [0.29, 0.717) is 4.47 Å². The van der Waals surface area contributed by atoms with E-state index in [1.54, 1.807) is 6.07 Å². The van der Waals surface area contributed by atoms with Gasteiger partial charge in [0.15, 0.2) is 0 Å². The van der Waals surface area contributed by atoms with Gasteiger partial charge in [0.1, 0.15) is 5.82 Å². The van der Waals surface area contributed by atoms with Crippen molar-refractivity contribution in [3.63, 3.8) is 0 Å². The molecule has 2 atom stereocenters. The third-order valence-electron chi connectivity index (χ3n) is 3.81. The summed E-state index contributed by atoms with van der Waals surface area (Å²) >= 11 is 3.29. The normalized spacial score (nSPS) is 13.9. The van der Waals surface area contributed by atoms with Crippen LogP contribution in [0.1, 0.15) is 43.4 Å². The molecule has 0 radical (unpaired) electrons. The van der Waals surface area contributed by atoms with Crippen LogP contribution >= 0.6 is 15.9 Å². The van der Waals surface area contributed by atoms with Crippen molar-refractivity contribution < 1.29 is 4.39 Å². The van der Waals surface area contributed by atoms with E-state index in [-0.39, 0.29) is 17.8 Å². The summed E-state index contributed by atoms with van der Waals surface area (Å²) in [6, 6.07) is 15.8. The van der Waals surface area contributed by atoms with Gasteiger partial charge in [-0.05, 0) is 40.5 Å². The molecular formula is C18H21BrFN. The molecule has 2 aromatic rings. The van der Waals surface area contributed by atoms with Crippen LogP contribution < -0.4 is 5.32 Å². The second-order valence-electron chi connectivity index (χ2n) is 5.10. The number of likely N-dealkylation sites (N-methyl/N-ethyl adjacent to an activating group) is 1. The standard InChI is InChI=1S/C18H21BrFN/c1-3-14(13-9-6-5-7-10-13)18(21-4-2)15-11-8-12-16(19)17(15)20/h5-12,14,18,21H,3-4H2,1-2H3. The second kappa shape index (κ2) is 7.71. The van der Waals surface area contributed by atoms with Crippen molar-refractivity contribution >= 4 is 15.9 Å². The monoisotopic (exact) mass is 349 g/mol. The molecule has 0 fully saturated rings. The SMILES string of the molecule is CCNC(c1cccc(Br)c1F)C(CC)c1ccccc1. The van der Waals surface area contributed by atoms with Crippen molar-refractivity contribution in [3.8, 4) is 0 Å². The van der Waals surface area contributed by atoms with E-state index in [1.807, 2.05) is 30.3 Å². The van der Waals surface area contributed by atoms with Gasteiger partial charge in [-0.15, -0.1) is 0 Å². The fraction of sp³-hybridized carbons (Fsp3) is 0.333. The highest BCUT2D eigenvalue weighted by atomic mass is 79.9. The third-order valence-corrected chi connectivity index (χ3v) is 4.42. The summed E-state index contributed by atoms with van der Waals surface area (Å²) in [7, 11) is 0. The molecule has 0 aliphatic heterocycles. The van der Waals surface area contributed by atoms with Crippen molar-refractivity contribution in [1.82, 2.24) is 5.32 Å². The third kappa shape index (κ3) is 3.72. The van der Waals surface area contributed by atoms with E-state index in [1.165, 1.54) is 5.56 Å². The van der Waals surface area contributed by atoms with Crippen molar-refractivity contribution in [2.75, 3.05) is 6.54 Å². The molecule has 0 aliphatic carbocycles. The number of benzene rings is 2. The molecule has 0 bridgehead atoms. The molecule has 0 aliphatic rings. The Morgan fingerprint density at radius 1 is 1.05 bits per heavy atom. The minimum absolute atomic E-state index is 0.0279. The zero-order valence-electron chi connectivity index (χ0n) is 12.4. The topological polar surface area (TPSA) is 12.0 Å². The Bertz CT molecular complexity index is 571. The van der Waals surface area contributed by atoms with Crippen molar-refractivity contribution in [2.45, 2.75) is 32.2 Å². The first-order valence-corrected chi connectivity index (χ1v) is 8.20. The summed E-state index contributed by atoms with van der Waals surface area (Å²) in [5.74, 6) is 0.0766. The minimum atomic E-state index is -0.169. The van der Waals surface area contributed by atoms with E-state index < -0.39 is 0 Å². The zero-order chi connectivity index (χ0) is 15.2. The Morgan fingerprint density at radius 2 is 1.76 bits per heavy atom.